The van der Waals surface area contributed by atoms with E-state index in [1.165, 1.54) is 0 Å². The SMILES string of the molecule is CCSCC[C@H](C)NC(=O)c1ccc(C)o1. The van der Waals surface area contributed by atoms with Gasteiger partial charge < -0.3 is 9.73 Å². The first-order valence-electron chi connectivity index (χ1n) is 5.58. The summed E-state index contributed by atoms with van der Waals surface area (Å²) in [6, 6.07) is 3.70. The summed E-state index contributed by atoms with van der Waals surface area (Å²) in [6.45, 7) is 5.99. The molecule has 1 atom stereocenters. The number of aryl methyl sites for hydroxylation is 1. The van der Waals surface area contributed by atoms with Crippen molar-refractivity contribution in [2.45, 2.75) is 33.2 Å². The Morgan fingerprint density at radius 2 is 2.31 bits per heavy atom. The molecule has 0 aliphatic carbocycles. The van der Waals surface area contributed by atoms with Crippen molar-refractivity contribution in [3.8, 4) is 0 Å². The third-order valence-electron chi connectivity index (χ3n) is 2.24. The van der Waals surface area contributed by atoms with E-state index in [-0.39, 0.29) is 11.9 Å². The minimum Gasteiger partial charge on any atom is -0.456 e. The van der Waals surface area contributed by atoms with E-state index in [0.29, 0.717) is 5.76 Å². The minimum absolute atomic E-state index is 0.123. The summed E-state index contributed by atoms with van der Waals surface area (Å²) in [4.78, 5) is 11.7. The molecular weight excluding hydrogens is 222 g/mol. The number of nitrogens with one attached hydrogen (secondary N) is 1. The zero-order valence-corrected chi connectivity index (χ0v) is 10.9. The average Bonchev–Trinajstić information content (AvgIpc) is 2.65. The second-order valence-electron chi connectivity index (χ2n) is 3.77. The van der Waals surface area contributed by atoms with Crippen molar-refractivity contribution in [1.29, 1.82) is 0 Å². The first-order valence-corrected chi connectivity index (χ1v) is 6.74. The minimum atomic E-state index is -0.123. The second kappa shape index (κ2) is 6.63. The fourth-order valence-electron chi connectivity index (χ4n) is 1.33. The quantitative estimate of drug-likeness (QED) is 0.779. The van der Waals surface area contributed by atoms with E-state index >= 15 is 0 Å². The number of furan rings is 1. The summed E-state index contributed by atoms with van der Waals surface area (Å²) in [7, 11) is 0. The molecule has 1 aromatic heterocycles. The van der Waals surface area contributed by atoms with Crippen LogP contribution in [0.15, 0.2) is 16.5 Å². The lowest BCUT2D eigenvalue weighted by molar-refractivity contribution is 0.0910. The molecule has 0 unspecified atom stereocenters. The number of carbonyl (C=O) groups is 1. The van der Waals surface area contributed by atoms with E-state index in [0.717, 1.165) is 23.7 Å². The molecule has 90 valence electrons. The Labute approximate surface area is 101 Å². The molecule has 0 fully saturated rings. The zero-order valence-electron chi connectivity index (χ0n) is 10.1. The molecular formula is C12H19NO2S. The number of carbonyl (C=O) groups excluding carboxylic acids is 1. The molecule has 1 rings (SSSR count). The molecule has 0 saturated carbocycles. The van der Waals surface area contributed by atoms with Gasteiger partial charge in [0.25, 0.3) is 5.91 Å². The number of amides is 1. The maximum atomic E-state index is 11.7. The highest BCUT2D eigenvalue weighted by molar-refractivity contribution is 7.99. The molecule has 1 aromatic rings. The number of thioether (sulfide) groups is 1. The summed E-state index contributed by atoms with van der Waals surface area (Å²) in [5, 5.41) is 2.92. The van der Waals surface area contributed by atoms with Gasteiger partial charge in [-0.25, -0.2) is 0 Å². The molecule has 1 heterocycles. The lowest BCUT2D eigenvalue weighted by atomic mass is 10.2. The van der Waals surface area contributed by atoms with Gasteiger partial charge in [-0.2, -0.15) is 11.8 Å². The fourth-order valence-corrected chi connectivity index (χ4v) is 2.14. The monoisotopic (exact) mass is 241 g/mol. The molecule has 4 heteroatoms. The molecule has 0 saturated heterocycles. The summed E-state index contributed by atoms with van der Waals surface area (Å²) < 4.78 is 5.25. The number of hydrogen-bond acceptors (Lipinski definition) is 3. The van der Waals surface area contributed by atoms with Crippen LogP contribution in [0.3, 0.4) is 0 Å². The first kappa shape index (κ1) is 13.2. The predicted octanol–water partition coefficient (Wildman–Crippen LogP) is 2.85. The van der Waals surface area contributed by atoms with Crippen molar-refractivity contribution in [2.75, 3.05) is 11.5 Å². The van der Waals surface area contributed by atoms with Gasteiger partial charge in [-0.3, -0.25) is 4.79 Å². The van der Waals surface area contributed by atoms with Gasteiger partial charge in [-0.05, 0) is 43.9 Å². The summed E-state index contributed by atoms with van der Waals surface area (Å²) in [5.41, 5.74) is 0. The van der Waals surface area contributed by atoms with E-state index in [1.54, 1.807) is 12.1 Å². The van der Waals surface area contributed by atoms with Gasteiger partial charge in [0.2, 0.25) is 0 Å². The first-order chi connectivity index (χ1) is 7.63. The van der Waals surface area contributed by atoms with Crippen molar-refractivity contribution < 1.29 is 9.21 Å². The Kier molecular flexibility index (Phi) is 5.46. The fraction of sp³-hybridized carbons (Fsp3) is 0.583. The number of rotatable bonds is 6. The number of hydrogen-bond donors (Lipinski definition) is 1. The van der Waals surface area contributed by atoms with Crippen molar-refractivity contribution >= 4 is 17.7 Å². The Hall–Kier alpha value is -0.900. The van der Waals surface area contributed by atoms with Gasteiger partial charge in [-0.15, -0.1) is 0 Å². The van der Waals surface area contributed by atoms with Gasteiger partial charge in [0, 0.05) is 6.04 Å². The normalized spacial score (nSPS) is 12.4. The summed E-state index contributed by atoms with van der Waals surface area (Å²) >= 11 is 1.89. The molecule has 1 amide bonds. The Morgan fingerprint density at radius 3 is 2.88 bits per heavy atom. The highest BCUT2D eigenvalue weighted by Gasteiger charge is 2.12. The van der Waals surface area contributed by atoms with Crippen LogP contribution >= 0.6 is 11.8 Å². The van der Waals surface area contributed by atoms with Crippen LogP contribution < -0.4 is 5.32 Å². The molecule has 0 aliphatic rings. The van der Waals surface area contributed by atoms with E-state index in [2.05, 4.69) is 12.2 Å². The van der Waals surface area contributed by atoms with Gasteiger partial charge in [0.1, 0.15) is 5.76 Å². The van der Waals surface area contributed by atoms with Crippen molar-refractivity contribution in [1.82, 2.24) is 5.32 Å². The van der Waals surface area contributed by atoms with Crippen LogP contribution in [0.5, 0.6) is 0 Å². The van der Waals surface area contributed by atoms with Crippen molar-refractivity contribution in [2.24, 2.45) is 0 Å². The summed E-state index contributed by atoms with van der Waals surface area (Å²) in [6.07, 6.45) is 0.990. The Morgan fingerprint density at radius 1 is 1.56 bits per heavy atom. The molecule has 16 heavy (non-hydrogen) atoms. The third kappa shape index (κ3) is 4.31. The molecule has 0 aliphatic heterocycles. The lowest BCUT2D eigenvalue weighted by Crippen LogP contribution is -2.32. The van der Waals surface area contributed by atoms with Crippen LogP contribution in [0.4, 0.5) is 0 Å². The lowest BCUT2D eigenvalue weighted by Gasteiger charge is -2.12. The molecule has 3 nitrogen and oxygen atoms in total. The third-order valence-corrected chi connectivity index (χ3v) is 3.17. The topological polar surface area (TPSA) is 42.2 Å². The molecule has 1 N–H and O–H groups in total. The van der Waals surface area contributed by atoms with Crippen LogP contribution in [0.2, 0.25) is 0 Å². The van der Waals surface area contributed by atoms with Crippen LogP contribution in [0.1, 0.15) is 36.6 Å². The molecule has 0 bridgehead atoms. The van der Waals surface area contributed by atoms with Crippen LogP contribution in [-0.2, 0) is 0 Å². The van der Waals surface area contributed by atoms with Crippen LogP contribution in [0.25, 0.3) is 0 Å². The van der Waals surface area contributed by atoms with E-state index < -0.39 is 0 Å². The smallest absolute Gasteiger partial charge is 0.287 e. The van der Waals surface area contributed by atoms with E-state index in [4.69, 9.17) is 4.42 Å². The average molecular weight is 241 g/mol. The van der Waals surface area contributed by atoms with Gasteiger partial charge >= 0.3 is 0 Å². The second-order valence-corrected chi connectivity index (χ2v) is 5.16. The highest BCUT2D eigenvalue weighted by Crippen LogP contribution is 2.08. The van der Waals surface area contributed by atoms with Crippen LogP contribution in [0, 0.1) is 6.92 Å². The largest absolute Gasteiger partial charge is 0.456 e. The molecule has 0 spiro atoms. The van der Waals surface area contributed by atoms with Crippen molar-refractivity contribution in [3.63, 3.8) is 0 Å². The van der Waals surface area contributed by atoms with Gasteiger partial charge in [0.05, 0.1) is 0 Å². The summed E-state index contributed by atoms with van der Waals surface area (Å²) in [5.74, 6) is 3.24. The maximum Gasteiger partial charge on any atom is 0.287 e. The van der Waals surface area contributed by atoms with Gasteiger partial charge in [0.15, 0.2) is 5.76 Å². The van der Waals surface area contributed by atoms with E-state index in [9.17, 15) is 4.79 Å². The van der Waals surface area contributed by atoms with E-state index in [1.807, 2.05) is 25.6 Å². The standard InChI is InChI=1S/C12H19NO2S/c1-4-16-8-7-9(2)13-12(14)11-6-5-10(3)15-11/h5-6,9H,4,7-8H2,1-3H3,(H,13,14)/t9-/m0/s1. The molecule has 0 radical (unpaired) electrons. The highest BCUT2D eigenvalue weighted by atomic mass is 32.2. The predicted molar refractivity (Wildman–Crippen MR) is 68.0 cm³/mol. The van der Waals surface area contributed by atoms with Crippen molar-refractivity contribution in [3.05, 3.63) is 23.7 Å². The zero-order chi connectivity index (χ0) is 12.0. The Bertz CT molecular complexity index is 336. The maximum absolute atomic E-state index is 11.7. The van der Waals surface area contributed by atoms with Crippen LogP contribution in [-0.4, -0.2) is 23.5 Å². The Balaban J connectivity index is 2.33. The molecule has 0 aromatic carbocycles. The van der Waals surface area contributed by atoms with Gasteiger partial charge in [-0.1, -0.05) is 6.92 Å².